The summed E-state index contributed by atoms with van der Waals surface area (Å²) in [6.45, 7) is 3.97. The van der Waals surface area contributed by atoms with Crippen molar-refractivity contribution in [3.8, 4) is 16.2 Å². The molecule has 130 valence electrons. The Balaban J connectivity index is 1.96. The highest BCUT2D eigenvalue weighted by atomic mass is 32.1. The number of hydrogen-bond donors (Lipinski definition) is 1. The third-order valence-corrected chi connectivity index (χ3v) is 4.95. The molecule has 0 radical (unpaired) electrons. The second-order valence-corrected chi connectivity index (χ2v) is 6.59. The third-order valence-electron chi connectivity index (χ3n) is 4.04. The Bertz CT molecular complexity index is 973. The predicted octanol–water partition coefficient (Wildman–Crippen LogP) is 4.42. The molecular weight excluding hydrogens is 346 g/mol. The van der Waals surface area contributed by atoms with Gasteiger partial charge in [0.2, 0.25) is 5.91 Å². The van der Waals surface area contributed by atoms with Gasteiger partial charge in [0.15, 0.2) is 5.78 Å². The third kappa shape index (κ3) is 3.43. The summed E-state index contributed by atoms with van der Waals surface area (Å²) in [7, 11) is 1.56. The lowest BCUT2D eigenvalue weighted by atomic mass is 9.95. The minimum Gasteiger partial charge on any atom is -0.496 e. The van der Waals surface area contributed by atoms with Crippen LogP contribution in [0.25, 0.3) is 16.0 Å². The van der Waals surface area contributed by atoms with Crippen molar-refractivity contribution in [1.29, 1.82) is 0 Å². The maximum Gasteiger partial charge on any atom is 0.248 e. The summed E-state index contributed by atoms with van der Waals surface area (Å²) in [5.41, 5.74) is 7.98. The van der Waals surface area contributed by atoms with Crippen molar-refractivity contribution in [2.45, 2.75) is 0 Å². The molecule has 0 aliphatic rings. The molecule has 3 rings (SSSR count). The van der Waals surface area contributed by atoms with Crippen LogP contribution < -0.4 is 10.5 Å². The van der Waals surface area contributed by atoms with Crippen LogP contribution in [-0.4, -0.2) is 18.8 Å². The van der Waals surface area contributed by atoms with Gasteiger partial charge in [-0.25, -0.2) is 0 Å². The Hall–Kier alpha value is -3.18. The van der Waals surface area contributed by atoms with Crippen LogP contribution in [-0.2, 0) is 0 Å². The molecule has 4 nitrogen and oxygen atoms in total. The van der Waals surface area contributed by atoms with Gasteiger partial charge in [-0.1, -0.05) is 24.8 Å². The molecule has 26 heavy (non-hydrogen) atoms. The first-order valence-corrected chi connectivity index (χ1v) is 8.75. The summed E-state index contributed by atoms with van der Waals surface area (Å²) in [5, 5.41) is 2.00. The van der Waals surface area contributed by atoms with Gasteiger partial charge < -0.3 is 10.5 Å². The minimum absolute atomic E-state index is 0.234. The van der Waals surface area contributed by atoms with E-state index in [-0.39, 0.29) is 5.78 Å². The topological polar surface area (TPSA) is 69.4 Å². The van der Waals surface area contributed by atoms with Crippen molar-refractivity contribution in [2.24, 2.45) is 5.73 Å². The standard InChI is InChI=1S/C21H17NO3S/c1-13(20(23)14-5-7-15(8-6-14)21(22)24)17-12-16(9-10-18(17)25-2)19-4-3-11-26-19/h3-12H,1H2,2H3,(H2,22,24). The quantitative estimate of drug-likeness (QED) is 0.521. The van der Waals surface area contributed by atoms with Gasteiger partial charge in [-0.2, -0.15) is 0 Å². The molecule has 1 aromatic heterocycles. The molecule has 0 bridgehead atoms. The average molecular weight is 363 g/mol. The van der Waals surface area contributed by atoms with E-state index in [9.17, 15) is 9.59 Å². The number of benzene rings is 2. The molecule has 0 saturated carbocycles. The first-order valence-electron chi connectivity index (χ1n) is 7.87. The van der Waals surface area contributed by atoms with Gasteiger partial charge in [0.05, 0.1) is 7.11 Å². The van der Waals surface area contributed by atoms with Crippen LogP contribution in [0.4, 0.5) is 0 Å². The molecule has 0 aliphatic carbocycles. The van der Waals surface area contributed by atoms with Crippen LogP contribution in [0.2, 0.25) is 0 Å². The molecule has 1 amide bonds. The zero-order valence-corrected chi connectivity index (χ0v) is 15.0. The number of carbonyl (C=O) groups excluding carboxylic acids is 2. The van der Waals surface area contributed by atoms with Crippen molar-refractivity contribution >= 4 is 28.6 Å². The molecule has 0 fully saturated rings. The summed E-state index contributed by atoms with van der Waals surface area (Å²) in [6, 6.07) is 15.9. The average Bonchev–Trinajstić information content (AvgIpc) is 3.21. The normalized spacial score (nSPS) is 10.3. The summed E-state index contributed by atoms with van der Waals surface area (Å²) in [4.78, 5) is 25.1. The Kier molecular flexibility index (Phi) is 5.00. The van der Waals surface area contributed by atoms with Crippen molar-refractivity contribution in [3.05, 3.63) is 83.2 Å². The highest BCUT2D eigenvalue weighted by Gasteiger charge is 2.17. The van der Waals surface area contributed by atoms with E-state index in [0.29, 0.717) is 28.0 Å². The number of nitrogens with two attached hydrogens (primary N) is 1. The lowest BCUT2D eigenvalue weighted by molar-refractivity contribution is 0.0998. The molecule has 0 atom stereocenters. The number of allylic oxidation sites excluding steroid dienone is 1. The number of hydrogen-bond acceptors (Lipinski definition) is 4. The number of rotatable bonds is 6. The van der Waals surface area contributed by atoms with Crippen molar-refractivity contribution in [1.82, 2.24) is 0 Å². The second-order valence-electron chi connectivity index (χ2n) is 5.64. The van der Waals surface area contributed by atoms with E-state index in [1.54, 1.807) is 30.6 Å². The Morgan fingerprint density at radius 1 is 1.04 bits per heavy atom. The van der Waals surface area contributed by atoms with E-state index in [0.717, 1.165) is 10.4 Å². The SMILES string of the molecule is C=C(C(=O)c1ccc(C(N)=O)cc1)c1cc(-c2cccs2)ccc1OC. The van der Waals surface area contributed by atoms with E-state index in [4.69, 9.17) is 10.5 Å². The number of methoxy groups -OCH3 is 1. The molecule has 5 heteroatoms. The van der Waals surface area contributed by atoms with E-state index >= 15 is 0 Å². The summed E-state index contributed by atoms with van der Waals surface area (Å²) >= 11 is 1.62. The van der Waals surface area contributed by atoms with Crippen LogP contribution in [0, 0.1) is 0 Å². The number of amides is 1. The smallest absolute Gasteiger partial charge is 0.248 e. The molecule has 0 aliphatic heterocycles. The molecule has 0 saturated heterocycles. The van der Waals surface area contributed by atoms with Gasteiger partial charge in [-0.15, -0.1) is 11.3 Å². The molecule has 2 aromatic carbocycles. The Morgan fingerprint density at radius 3 is 2.31 bits per heavy atom. The highest BCUT2D eigenvalue weighted by molar-refractivity contribution is 7.13. The first kappa shape index (κ1) is 17.6. The van der Waals surface area contributed by atoms with Crippen LogP contribution in [0.5, 0.6) is 5.75 Å². The van der Waals surface area contributed by atoms with Crippen LogP contribution in [0.3, 0.4) is 0 Å². The fraction of sp³-hybridized carbons (Fsp3) is 0.0476. The van der Waals surface area contributed by atoms with E-state index in [1.165, 1.54) is 12.1 Å². The fourth-order valence-electron chi connectivity index (χ4n) is 2.62. The largest absolute Gasteiger partial charge is 0.496 e. The number of ether oxygens (including phenoxy) is 1. The second kappa shape index (κ2) is 7.37. The van der Waals surface area contributed by atoms with Crippen LogP contribution >= 0.6 is 11.3 Å². The number of carbonyl (C=O) groups is 2. The summed E-state index contributed by atoms with van der Waals surface area (Å²) < 4.78 is 5.40. The number of primary amides is 1. The van der Waals surface area contributed by atoms with Gasteiger partial charge in [0, 0.05) is 27.1 Å². The zero-order chi connectivity index (χ0) is 18.7. The summed E-state index contributed by atoms with van der Waals surface area (Å²) in [6.07, 6.45) is 0. The Morgan fingerprint density at radius 2 is 1.73 bits per heavy atom. The maximum absolute atomic E-state index is 12.8. The minimum atomic E-state index is -0.534. The van der Waals surface area contributed by atoms with Crippen molar-refractivity contribution in [2.75, 3.05) is 7.11 Å². The zero-order valence-electron chi connectivity index (χ0n) is 14.2. The molecule has 1 heterocycles. The van der Waals surface area contributed by atoms with Crippen LogP contribution in [0.15, 0.2) is 66.6 Å². The van der Waals surface area contributed by atoms with Gasteiger partial charge in [-0.3, -0.25) is 9.59 Å². The van der Waals surface area contributed by atoms with Crippen LogP contribution in [0.1, 0.15) is 26.3 Å². The first-order chi connectivity index (χ1) is 12.5. The van der Waals surface area contributed by atoms with Gasteiger partial charge in [0.25, 0.3) is 0 Å². The van der Waals surface area contributed by atoms with E-state index in [1.807, 2.05) is 35.7 Å². The molecular formula is C21H17NO3S. The van der Waals surface area contributed by atoms with E-state index in [2.05, 4.69) is 6.58 Å². The Labute approximate surface area is 155 Å². The molecule has 3 aromatic rings. The van der Waals surface area contributed by atoms with Gasteiger partial charge in [0.1, 0.15) is 5.75 Å². The molecule has 0 unspecified atom stereocenters. The fourth-order valence-corrected chi connectivity index (χ4v) is 3.35. The lowest BCUT2D eigenvalue weighted by Gasteiger charge is -2.12. The maximum atomic E-state index is 12.8. The van der Waals surface area contributed by atoms with Gasteiger partial charge in [-0.05, 0) is 47.3 Å². The van der Waals surface area contributed by atoms with E-state index < -0.39 is 5.91 Å². The lowest BCUT2D eigenvalue weighted by Crippen LogP contribution is -2.11. The highest BCUT2D eigenvalue weighted by Crippen LogP contribution is 2.33. The number of thiophene rings is 1. The van der Waals surface area contributed by atoms with Crippen molar-refractivity contribution < 1.29 is 14.3 Å². The van der Waals surface area contributed by atoms with Crippen molar-refractivity contribution in [3.63, 3.8) is 0 Å². The number of ketones is 1. The molecule has 0 spiro atoms. The number of Topliss-reactive ketones (excluding diaryl/α,β-unsaturated/α-hetero) is 1. The molecule has 2 N–H and O–H groups in total. The van der Waals surface area contributed by atoms with Gasteiger partial charge >= 0.3 is 0 Å². The monoisotopic (exact) mass is 363 g/mol. The summed E-state index contributed by atoms with van der Waals surface area (Å²) in [5.74, 6) is -0.187. The predicted molar refractivity (Wildman–Crippen MR) is 105 cm³/mol.